The normalized spacial score (nSPS) is 13.1. The molecule has 16 heavy (non-hydrogen) atoms. The summed E-state index contributed by atoms with van der Waals surface area (Å²) in [6.45, 7) is 7.88. The molecule has 1 rings (SSSR count). The van der Waals surface area contributed by atoms with Crippen molar-refractivity contribution in [1.29, 1.82) is 0 Å². The third kappa shape index (κ3) is 3.91. The fourth-order valence-electron chi connectivity index (χ4n) is 1.95. The van der Waals surface area contributed by atoms with Gasteiger partial charge in [0.15, 0.2) is 0 Å². The Labute approximate surface area is 108 Å². The number of halogens is 1. The summed E-state index contributed by atoms with van der Waals surface area (Å²) in [4.78, 5) is 0. The van der Waals surface area contributed by atoms with Crippen LogP contribution in [0.1, 0.15) is 25.0 Å². The summed E-state index contributed by atoms with van der Waals surface area (Å²) in [7, 11) is 2.03. The van der Waals surface area contributed by atoms with Gasteiger partial charge in [0, 0.05) is 4.47 Å². The first kappa shape index (κ1) is 13.7. The molecule has 0 aliphatic heterocycles. The molecule has 1 unspecified atom stereocenters. The van der Waals surface area contributed by atoms with Crippen LogP contribution in [0.3, 0.4) is 0 Å². The van der Waals surface area contributed by atoms with E-state index in [-0.39, 0.29) is 0 Å². The van der Waals surface area contributed by atoms with E-state index in [1.807, 2.05) is 7.05 Å². The Bertz CT molecular complexity index is 334. The van der Waals surface area contributed by atoms with E-state index in [0.29, 0.717) is 11.8 Å². The number of benzene rings is 1. The lowest BCUT2D eigenvalue weighted by atomic mass is 9.88. The molecule has 1 N–H and O–H groups in total. The highest BCUT2D eigenvalue weighted by atomic mass is 79.9. The van der Waals surface area contributed by atoms with Crippen LogP contribution in [0.15, 0.2) is 22.7 Å². The highest BCUT2D eigenvalue weighted by Gasteiger charge is 2.14. The predicted octanol–water partition coefficient (Wildman–Crippen LogP) is 3.79. The molecule has 0 heterocycles. The summed E-state index contributed by atoms with van der Waals surface area (Å²) in [5.74, 6) is 1.42. The molecule has 0 saturated carbocycles. The Morgan fingerprint density at radius 3 is 2.56 bits per heavy atom. The molecule has 0 saturated heterocycles. The van der Waals surface area contributed by atoms with Crippen LogP contribution in [0, 0.1) is 18.8 Å². The number of hydrogen-bond acceptors (Lipinski definition) is 1. The minimum atomic E-state index is 0.706. The summed E-state index contributed by atoms with van der Waals surface area (Å²) in [6.07, 6.45) is 1.16. The molecule has 1 nitrogen and oxygen atoms in total. The smallest absolute Gasteiger partial charge is 0.0178 e. The minimum Gasteiger partial charge on any atom is -0.319 e. The molecule has 0 aliphatic rings. The number of rotatable bonds is 5. The fraction of sp³-hybridized carbons (Fsp3) is 0.571. The van der Waals surface area contributed by atoms with Crippen molar-refractivity contribution in [3.8, 4) is 0 Å². The Balaban J connectivity index is 2.80. The first-order chi connectivity index (χ1) is 7.54. The lowest BCUT2D eigenvalue weighted by molar-refractivity contribution is 0.370. The largest absolute Gasteiger partial charge is 0.319 e. The molecule has 0 radical (unpaired) electrons. The first-order valence-electron chi connectivity index (χ1n) is 5.94. The summed E-state index contributed by atoms with van der Waals surface area (Å²) >= 11 is 3.55. The van der Waals surface area contributed by atoms with Gasteiger partial charge >= 0.3 is 0 Å². The molecule has 0 spiro atoms. The molecule has 1 aromatic carbocycles. The standard InChI is InChI=1S/C14H22BrN/c1-10(2)13(9-16-4)7-12-8-14(15)6-5-11(12)3/h5-6,8,10,13,16H,7,9H2,1-4H3. The first-order valence-corrected chi connectivity index (χ1v) is 6.73. The van der Waals surface area contributed by atoms with E-state index >= 15 is 0 Å². The van der Waals surface area contributed by atoms with Crippen LogP contribution < -0.4 is 5.32 Å². The molecule has 0 aromatic heterocycles. The van der Waals surface area contributed by atoms with Crippen molar-refractivity contribution in [3.63, 3.8) is 0 Å². The lowest BCUT2D eigenvalue weighted by Crippen LogP contribution is -2.25. The fourth-order valence-corrected chi connectivity index (χ4v) is 2.36. The maximum absolute atomic E-state index is 3.55. The van der Waals surface area contributed by atoms with Crippen LogP contribution in [-0.4, -0.2) is 13.6 Å². The second-order valence-corrected chi connectivity index (χ2v) is 5.75. The van der Waals surface area contributed by atoms with Crippen LogP contribution in [0.2, 0.25) is 0 Å². The monoisotopic (exact) mass is 283 g/mol. The van der Waals surface area contributed by atoms with Gasteiger partial charge in [-0.25, -0.2) is 0 Å². The van der Waals surface area contributed by atoms with E-state index in [4.69, 9.17) is 0 Å². The maximum Gasteiger partial charge on any atom is 0.0178 e. The van der Waals surface area contributed by atoms with Crippen molar-refractivity contribution >= 4 is 15.9 Å². The Hall–Kier alpha value is -0.340. The van der Waals surface area contributed by atoms with Crippen molar-refractivity contribution in [3.05, 3.63) is 33.8 Å². The SMILES string of the molecule is CNCC(Cc1cc(Br)ccc1C)C(C)C. The van der Waals surface area contributed by atoms with Gasteiger partial charge < -0.3 is 5.32 Å². The van der Waals surface area contributed by atoms with Gasteiger partial charge in [-0.05, 0) is 62.0 Å². The molecule has 2 heteroatoms. The zero-order chi connectivity index (χ0) is 12.1. The number of aryl methyl sites for hydroxylation is 1. The van der Waals surface area contributed by atoms with Crippen molar-refractivity contribution < 1.29 is 0 Å². The van der Waals surface area contributed by atoms with Gasteiger partial charge in [0.2, 0.25) is 0 Å². The van der Waals surface area contributed by atoms with Gasteiger partial charge in [0.05, 0.1) is 0 Å². The minimum absolute atomic E-state index is 0.706. The van der Waals surface area contributed by atoms with Gasteiger partial charge in [-0.3, -0.25) is 0 Å². The highest BCUT2D eigenvalue weighted by Crippen LogP contribution is 2.22. The van der Waals surface area contributed by atoms with E-state index in [0.717, 1.165) is 13.0 Å². The van der Waals surface area contributed by atoms with Gasteiger partial charge in [-0.1, -0.05) is 35.8 Å². The average Bonchev–Trinajstić information content (AvgIpc) is 2.22. The Kier molecular flexibility index (Phi) is 5.50. The van der Waals surface area contributed by atoms with Crippen molar-refractivity contribution in [2.75, 3.05) is 13.6 Å². The molecule has 0 aliphatic carbocycles. The lowest BCUT2D eigenvalue weighted by Gasteiger charge is -2.21. The van der Waals surface area contributed by atoms with E-state index in [9.17, 15) is 0 Å². The van der Waals surface area contributed by atoms with Crippen molar-refractivity contribution in [1.82, 2.24) is 5.32 Å². The van der Waals surface area contributed by atoms with Crippen LogP contribution >= 0.6 is 15.9 Å². The molecule has 0 bridgehead atoms. The predicted molar refractivity (Wildman–Crippen MR) is 74.8 cm³/mol. The topological polar surface area (TPSA) is 12.0 Å². The Morgan fingerprint density at radius 2 is 2.00 bits per heavy atom. The van der Waals surface area contributed by atoms with Crippen molar-refractivity contribution in [2.45, 2.75) is 27.2 Å². The van der Waals surface area contributed by atoms with Crippen LogP contribution in [-0.2, 0) is 6.42 Å². The Morgan fingerprint density at radius 1 is 1.31 bits per heavy atom. The number of nitrogens with one attached hydrogen (secondary N) is 1. The second-order valence-electron chi connectivity index (χ2n) is 4.84. The molecule has 1 aromatic rings. The zero-order valence-corrected chi connectivity index (χ0v) is 12.3. The van der Waals surface area contributed by atoms with Gasteiger partial charge in [0.25, 0.3) is 0 Å². The molecular formula is C14H22BrN. The number of hydrogen-bond donors (Lipinski definition) is 1. The van der Waals surface area contributed by atoms with Gasteiger partial charge in [-0.15, -0.1) is 0 Å². The third-order valence-corrected chi connectivity index (χ3v) is 3.70. The van der Waals surface area contributed by atoms with Crippen LogP contribution in [0.5, 0.6) is 0 Å². The van der Waals surface area contributed by atoms with Crippen LogP contribution in [0.25, 0.3) is 0 Å². The summed E-state index contributed by atoms with van der Waals surface area (Å²) in [5.41, 5.74) is 2.85. The molecule has 1 atom stereocenters. The van der Waals surface area contributed by atoms with E-state index in [1.165, 1.54) is 15.6 Å². The molecule has 0 amide bonds. The van der Waals surface area contributed by atoms with E-state index in [1.54, 1.807) is 0 Å². The summed E-state index contributed by atoms with van der Waals surface area (Å²) in [5, 5.41) is 3.29. The summed E-state index contributed by atoms with van der Waals surface area (Å²) < 4.78 is 1.18. The van der Waals surface area contributed by atoms with Gasteiger partial charge in [-0.2, -0.15) is 0 Å². The molecule has 90 valence electrons. The highest BCUT2D eigenvalue weighted by molar-refractivity contribution is 9.10. The van der Waals surface area contributed by atoms with E-state index in [2.05, 4.69) is 60.2 Å². The van der Waals surface area contributed by atoms with Crippen molar-refractivity contribution in [2.24, 2.45) is 11.8 Å². The average molecular weight is 284 g/mol. The second kappa shape index (κ2) is 6.41. The molecular weight excluding hydrogens is 262 g/mol. The zero-order valence-electron chi connectivity index (χ0n) is 10.7. The molecule has 0 fully saturated rings. The maximum atomic E-state index is 3.55. The van der Waals surface area contributed by atoms with E-state index < -0.39 is 0 Å². The summed E-state index contributed by atoms with van der Waals surface area (Å²) in [6, 6.07) is 6.55. The third-order valence-electron chi connectivity index (χ3n) is 3.20. The van der Waals surface area contributed by atoms with Gasteiger partial charge in [0.1, 0.15) is 0 Å². The van der Waals surface area contributed by atoms with Crippen LogP contribution in [0.4, 0.5) is 0 Å². The quantitative estimate of drug-likeness (QED) is 0.867.